The van der Waals surface area contributed by atoms with Crippen LogP contribution in [0.2, 0.25) is 0 Å². The van der Waals surface area contributed by atoms with E-state index in [1.165, 1.54) is 16.7 Å². The van der Waals surface area contributed by atoms with Gasteiger partial charge in [-0.2, -0.15) is 19.6 Å². The lowest BCUT2D eigenvalue weighted by Crippen LogP contribution is -2.21. The van der Waals surface area contributed by atoms with Crippen molar-refractivity contribution in [3.05, 3.63) is 71.9 Å². The minimum absolute atomic E-state index is 0.0922. The summed E-state index contributed by atoms with van der Waals surface area (Å²) in [7, 11) is 0. The molecule has 0 spiro atoms. The molecule has 1 atom stereocenters. The van der Waals surface area contributed by atoms with Gasteiger partial charge in [0.2, 0.25) is 5.95 Å². The van der Waals surface area contributed by atoms with E-state index in [-0.39, 0.29) is 6.10 Å². The quantitative estimate of drug-likeness (QED) is 0.458. The molecule has 4 aromatic rings. The van der Waals surface area contributed by atoms with Crippen LogP contribution in [0.25, 0.3) is 16.8 Å². The third-order valence-electron chi connectivity index (χ3n) is 5.82. The van der Waals surface area contributed by atoms with Crippen LogP contribution < -0.4 is 15.4 Å². The first-order valence-electron chi connectivity index (χ1n) is 11.2. The molecule has 3 heterocycles. The van der Waals surface area contributed by atoms with Gasteiger partial charge in [-0.1, -0.05) is 68.4 Å². The zero-order chi connectivity index (χ0) is 21.9. The summed E-state index contributed by atoms with van der Waals surface area (Å²) >= 11 is 0. The first kappa shape index (κ1) is 20.5. The maximum Gasteiger partial charge on any atom is 0.322 e. The van der Waals surface area contributed by atoms with Crippen molar-refractivity contribution in [2.75, 3.05) is 18.4 Å². The van der Waals surface area contributed by atoms with E-state index in [9.17, 15) is 0 Å². The largest absolute Gasteiger partial charge is 0.459 e. The van der Waals surface area contributed by atoms with Gasteiger partial charge in [-0.25, -0.2) is 0 Å². The van der Waals surface area contributed by atoms with Crippen molar-refractivity contribution in [1.82, 2.24) is 24.9 Å². The van der Waals surface area contributed by atoms with Gasteiger partial charge >= 0.3 is 6.01 Å². The summed E-state index contributed by atoms with van der Waals surface area (Å²) in [5.41, 5.74) is 5.44. The number of aromatic nitrogens is 4. The van der Waals surface area contributed by atoms with Gasteiger partial charge in [0.15, 0.2) is 5.65 Å². The van der Waals surface area contributed by atoms with Gasteiger partial charge in [0.05, 0.1) is 6.20 Å². The van der Waals surface area contributed by atoms with Crippen LogP contribution in [0.5, 0.6) is 6.01 Å². The normalized spacial score (nSPS) is 16.0. The molecule has 7 heteroatoms. The molecule has 0 radical (unpaired) electrons. The Bertz CT molecular complexity index is 1200. The molecule has 2 aromatic heterocycles. The number of hydrogen-bond donors (Lipinski definition) is 2. The zero-order valence-corrected chi connectivity index (χ0v) is 18.5. The summed E-state index contributed by atoms with van der Waals surface area (Å²) in [5, 5.41) is 11.4. The lowest BCUT2D eigenvalue weighted by molar-refractivity contribution is 0.204. The third-order valence-corrected chi connectivity index (χ3v) is 5.82. The molecule has 0 aliphatic carbocycles. The lowest BCUT2D eigenvalue weighted by Gasteiger charge is -2.15. The number of ether oxygens (including phenoxy) is 1. The van der Waals surface area contributed by atoms with Gasteiger partial charge in [-0.05, 0) is 35.6 Å². The topological polar surface area (TPSA) is 76.4 Å². The smallest absolute Gasteiger partial charge is 0.322 e. The molecule has 1 aliphatic rings. The monoisotopic (exact) mass is 428 g/mol. The number of benzene rings is 2. The van der Waals surface area contributed by atoms with Crippen LogP contribution >= 0.6 is 0 Å². The van der Waals surface area contributed by atoms with Crippen molar-refractivity contribution in [3.8, 4) is 17.1 Å². The van der Waals surface area contributed by atoms with E-state index in [1.807, 2.05) is 12.3 Å². The van der Waals surface area contributed by atoms with Crippen LogP contribution in [0.15, 0.2) is 60.8 Å². The number of fused-ring (bicyclic) bond motifs is 1. The van der Waals surface area contributed by atoms with Gasteiger partial charge in [0, 0.05) is 18.7 Å². The Kier molecular flexibility index (Phi) is 5.73. The Morgan fingerprint density at radius 3 is 2.69 bits per heavy atom. The number of hydrogen-bond acceptors (Lipinski definition) is 6. The van der Waals surface area contributed by atoms with E-state index in [0.29, 0.717) is 24.4 Å². The Morgan fingerprint density at radius 1 is 1.09 bits per heavy atom. The highest BCUT2D eigenvalue weighted by molar-refractivity contribution is 5.67. The SMILES string of the molecule is CC(C)c1cnn2c(NCc3ccccc3-c3ccccc3)nc(O[C@@H]3CCNC3)nc12. The molecule has 0 saturated carbocycles. The fourth-order valence-electron chi connectivity index (χ4n) is 4.08. The minimum Gasteiger partial charge on any atom is -0.459 e. The van der Waals surface area contributed by atoms with E-state index < -0.39 is 0 Å². The Hall–Kier alpha value is -3.45. The number of nitrogens with zero attached hydrogens (tertiary/aromatic N) is 4. The lowest BCUT2D eigenvalue weighted by atomic mass is 10.00. The first-order valence-corrected chi connectivity index (χ1v) is 11.2. The molecule has 1 fully saturated rings. The standard InChI is InChI=1S/C25H28N6O/c1-17(2)22-16-28-31-23(22)29-25(32-20-12-13-26-15-20)30-24(31)27-14-19-10-6-7-11-21(19)18-8-4-3-5-9-18/h3-11,16-17,20,26H,12-15H2,1-2H3,(H,27,29,30)/t20-/m1/s1. The average Bonchev–Trinajstić information content (AvgIpc) is 3.48. The molecular weight excluding hydrogens is 400 g/mol. The predicted octanol–water partition coefficient (Wildman–Crippen LogP) is 4.27. The first-order chi connectivity index (χ1) is 15.7. The molecule has 0 amide bonds. The molecular formula is C25H28N6O. The second-order valence-corrected chi connectivity index (χ2v) is 8.43. The molecule has 7 nitrogen and oxygen atoms in total. The zero-order valence-electron chi connectivity index (χ0n) is 18.5. The summed E-state index contributed by atoms with van der Waals surface area (Å²) in [4.78, 5) is 9.38. The summed E-state index contributed by atoms with van der Waals surface area (Å²) in [6, 6.07) is 19.2. The molecule has 5 rings (SSSR count). The van der Waals surface area contributed by atoms with Crippen molar-refractivity contribution in [2.45, 2.75) is 38.8 Å². The van der Waals surface area contributed by atoms with Gasteiger partial charge in [-0.15, -0.1) is 0 Å². The Morgan fingerprint density at radius 2 is 1.91 bits per heavy atom. The molecule has 32 heavy (non-hydrogen) atoms. The Balaban J connectivity index is 1.47. The average molecular weight is 429 g/mol. The predicted molar refractivity (Wildman–Crippen MR) is 126 cm³/mol. The minimum atomic E-state index is 0.0922. The fourth-order valence-corrected chi connectivity index (χ4v) is 4.08. The molecule has 2 N–H and O–H groups in total. The van der Waals surface area contributed by atoms with Crippen LogP contribution in [-0.2, 0) is 6.54 Å². The Labute approximate surface area is 187 Å². The van der Waals surface area contributed by atoms with Gasteiger partial charge < -0.3 is 15.4 Å². The van der Waals surface area contributed by atoms with Gasteiger partial charge in [0.1, 0.15) is 6.10 Å². The summed E-state index contributed by atoms with van der Waals surface area (Å²) in [6.45, 7) is 6.67. The molecule has 164 valence electrons. The second-order valence-electron chi connectivity index (χ2n) is 8.43. The molecule has 2 aromatic carbocycles. The van der Waals surface area contributed by atoms with Crippen LogP contribution in [0.1, 0.15) is 37.3 Å². The van der Waals surface area contributed by atoms with E-state index in [4.69, 9.17) is 9.72 Å². The molecule has 1 saturated heterocycles. The molecule has 0 unspecified atom stereocenters. The van der Waals surface area contributed by atoms with Gasteiger partial charge in [0.25, 0.3) is 0 Å². The maximum absolute atomic E-state index is 6.11. The van der Waals surface area contributed by atoms with Crippen LogP contribution in [0.4, 0.5) is 5.95 Å². The van der Waals surface area contributed by atoms with E-state index >= 15 is 0 Å². The number of anilines is 1. The number of rotatable bonds is 7. The van der Waals surface area contributed by atoms with Crippen molar-refractivity contribution in [2.24, 2.45) is 0 Å². The molecule has 0 bridgehead atoms. The van der Waals surface area contributed by atoms with E-state index in [1.54, 1.807) is 4.52 Å². The summed E-state index contributed by atoms with van der Waals surface area (Å²) in [5.74, 6) is 0.931. The highest BCUT2D eigenvalue weighted by Crippen LogP contribution is 2.26. The number of nitrogens with one attached hydrogen (secondary N) is 2. The second kappa shape index (κ2) is 8.96. The van der Waals surface area contributed by atoms with Crippen LogP contribution in [0.3, 0.4) is 0 Å². The van der Waals surface area contributed by atoms with Crippen LogP contribution in [-0.4, -0.2) is 38.8 Å². The van der Waals surface area contributed by atoms with Crippen molar-refractivity contribution < 1.29 is 4.74 Å². The molecule has 1 aliphatic heterocycles. The maximum atomic E-state index is 6.11. The summed E-state index contributed by atoms with van der Waals surface area (Å²) in [6.07, 6.45) is 2.92. The van der Waals surface area contributed by atoms with Gasteiger partial charge in [-0.3, -0.25) is 0 Å². The fraction of sp³-hybridized carbons (Fsp3) is 0.320. The van der Waals surface area contributed by atoms with Crippen molar-refractivity contribution in [3.63, 3.8) is 0 Å². The van der Waals surface area contributed by atoms with Crippen molar-refractivity contribution in [1.29, 1.82) is 0 Å². The van der Waals surface area contributed by atoms with Crippen molar-refractivity contribution >= 4 is 11.6 Å². The third kappa shape index (κ3) is 4.16. The van der Waals surface area contributed by atoms with Crippen LogP contribution in [0, 0.1) is 0 Å². The van der Waals surface area contributed by atoms with E-state index in [0.717, 1.165) is 30.7 Å². The van der Waals surface area contributed by atoms with E-state index in [2.05, 4.69) is 83.1 Å². The highest BCUT2D eigenvalue weighted by atomic mass is 16.5. The summed E-state index contributed by atoms with van der Waals surface area (Å²) < 4.78 is 7.89. The highest BCUT2D eigenvalue weighted by Gasteiger charge is 2.21.